The van der Waals surface area contributed by atoms with E-state index in [9.17, 15) is 0 Å². The molecule has 0 fully saturated rings. The first-order valence-electron chi connectivity index (χ1n) is 8.28. The summed E-state index contributed by atoms with van der Waals surface area (Å²) in [6, 6.07) is 12.9. The number of hydrogen-bond donors (Lipinski definition) is 1. The predicted molar refractivity (Wildman–Crippen MR) is 98.1 cm³/mol. The number of nitrogen functional groups attached to an aromatic ring is 1. The molecule has 0 saturated heterocycles. The zero-order chi connectivity index (χ0) is 17.6. The van der Waals surface area contributed by atoms with Gasteiger partial charge in [-0.1, -0.05) is 27.2 Å². The van der Waals surface area contributed by atoms with E-state index in [2.05, 4.69) is 20.8 Å². The minimum Gasteiger partial charge on any atom is -0.497 e. The van der Waals surface area contributed by atoms with Gasteiger partial charge in [-0.3, -0.25) is 0 Å². The first-order valence-corrected chi connectivity index (χ1v) is 8.28. The number of anilines is 1. The molecule has 4 nitrogen and oxygen atoms in total. The van der Waals surface area contributed by atoms with Crippen molar-refractivity contribution >= 4 is 5.69 Å². The summed E-state index contributed by atoms with van der Waals surface area (Å²) in [4.78, 5) is 0. The Bertz CT molecular complexity index is 650. The van der Waals surface area contributed by atoms with Crippen LogP contribution < -0.4 is 19.9 Å². The lowest BCUT2D eigenvalue weighted by atomic mass is 9.89. The average Bonchev–Trinajstić information content (AvgIpc) is 2.56. The highest BCUT2D eigenvalue weighted by Crippen LogP contribution is 2.32. The van der Waals surface area contributed by atoms with Crippen LogP contribution in [0, 0.1) is 5.41 Å². The fraction of sp³-hybridized carbons (Fsp3) is 0.400. The minimum atomic E-state index is 0.155. The van der Waals surface area contributed by atoms with Crippen LogP contribution in [0.1, 0.15) is 33.6 Å². The van der Waals surface area contributed by atoms with Gasteiger partial charge in [0.05, 0.1) is 19.4 Å². The van der Waals surface area contributed by atoms with Crippen molar-refractivity contribution in [2.75, 3.05) is 19.5 Å². The summed E-state index contributed by atoms with van der Waals surface area (Å²) in [5, 5.41) is 0. The second-order valence-electron chi connectivity index (χ2n) is 6.68. The Balaban J connectivity index is 2.01. The van der Waals surface area contributed by atoms with Gasteiger partial charge in [0.2, 0.25) is 0 Å². The Hall–Kier alpha value is -2.36. The number of rotatable bonds is 8. The van der Waals surface area contributed by atoms with Gasteiger partial charge in [-0.2, -0.15) is 0 Å². The first kappa shape index (κ1) is 18.0. The lowest BCUT2D eigenvalue weighted by Gasteiger charge is -2.24. The summed E-state index contributed by atoms with van der Waals surface area (Å²) in [6.07, 6.45) is 2.27. The molecule has 0 heterocycles. The lowest BCUT2D eigenvalue weighted by molar-refractivity contribution is 0.169. The lowest BCUT2D eigenvalue weighted by Crippen LogP contribution is -2.21. The maximum absolute atomic E-state index is 6.09. The molecule has 0 amide bonds. The third kappa shape index (κ3) is 5.08. The molecule has 2 N–H and O–H groups in total. The van der Waals surface area contributed by atoms with Crippen LogP contribution in [0.25, 0.3) is 0 Å². The zero-order valence-electron chi connectivity index (χ0n) is 15.0. The van der Waals surface area contributed by atoms with Gasteiger partial charge >= 0.3 is 0 Å². The molecular formula is C20H27NO3. The van der Waals surface area contributed by atoms with Crippen molar-refractivity contribution in [1.82, 2.24) is 0 Å². The van der Waals surface area contributed by atoms with Crippen molar-refractivity contribution < 1.29 is 14.2 Å². The Kier molecular flexibility index (Phi) is 5.96. The molecule has 0 spiro atoms. The van der Waals surface area contributed by atoms with Crippen molar-refractivity contribution in [3.63, 3.8) is 0 Å². The van der Waals surface area contributed by atoms with Gasteiger partial charge in [0.25, 0.3) is 0 Å². The third-order valence-electron chi connectivity index (χ3n) is 3.82. The molecular weight excluding hydrogens is 302 g/mol. The van der Waals surface area contributed by atoms with Gasteiger partial charge in [-0.15, -0.1) is 0 Å². The fourth-order valence-corrected chi connectivity index (χ4v) is 2.51. The van der Waals surface area contributed by atoms with Gasteiger partial charge in [0.1, 0.15) is 17.2 Å². The second kappa shape index (κ2) is 7.95. The largest absolute Gasteiger partial charge is 0.497 e. The summed E-state index contributed by atoms with van der Waals surface area (Å²) >= 11 is 0. The third-order valence-corrected chi connectivity index (χ3v) is 3.82. The van der Waals surface area contributed by atoms with E-state index in [1.165, 1.54) is 0 Å². The van der Waals surface area contributed by atoms with E-state index >= 15 is 0 Å². The molecule has 130 valence electrons. The normalized spacial score (nSPS) is 11.2. The van der Waals surface area contributed by atoms with Crippen LogP contribution in [-0.2, 0) is 0 Å². The molecule has 0 aromatic heterocycles. The number of methoxy groups -OCH3 is 1. The summed E-state index contributed by atoms with van der Waals surface area (Å²) in [7, 11) is 1.63. The summed E-state index contributed by atoms with van der Waals surface area (Å²) < 4.78 is 16.8. The quantitative estimate of drug-likeness (QED) is 0.670. The van der Waals surface area contributed by atoms with Crippen LogP contribution >= 0.6 is 0 Å². The van der Waals surface area contributed by atoms with E-state index in [1.807, 2.05) is 36.4 Å². The van der Waals surface area contributed by atoms with Crippen LogP contribution in [0.3, 0.4) is 0 Å². The highest BCUT2D eigenvalue weighted by Gasteiger charge is 2.17. The summed E-state index contributed by atoms with van der Waals surface area (Å²) in [6.45, 7) is 7.27. The Morgan fingerprint density at radius 2 is 1.58 bits per heavy atom. The van der Waals surface area contributed by atoms with Gasteiger partial charge in [-0.05, 0) is 48.2 Å². The first-order chi connectivity index (χ1) is 11.4. The highest BCUT2D eigenvalue weighted by molar-refractivity contribution is 5.57. The van der Waals surface area contributed by atoms with Crippen LogP contribution in [0.15, 0.2) is 42.5 Å². The van der Waals surface area contributed by atoms with Crippen molar-refractivity contribution in [3.8, 4) is 23.0 Å². The molecule has 2 rings (SSSR count). The van der Waals surface area contributed by atoms with Gasteiger partial charge < -0.3 is 19.9 Å². The molecule has 24 heavy (non-hydrogen) atoms. The molecule has 4 heteroatoms. The summed E-state index contributed by atoms with van der Waals surface area (Å²) in [5.41, 5.74) is 6.80. The van der Waals surface area contributed by atoms with E-state index in [4.69, 9.17) is 19.9 Å². The van der Waals surface area contributed by atoms with E-state index in [0.717, 1.165) is 24.3 Å². The molecule has 2 aromatic rings. The van der Waals surface area contributed by atoms with Crippen LogP contribution in [0.4, 0.5) is 5.69 Å². The van der Waals surface area contributed by atoms with Crippen LogP contribution in [-0.4, -0.2) is 13.7 Å². The Morgan fingerprint density at radius 3 is 2.17 bits per heavy atom. The van der Waals surface area contributed by atoms with Crippen molar-refractivity contribution in [1.29, 1.82) is 0 Å². The fourth-order valence-electron chi connectivity index (χ4n) is 2.51. The van der Waals surface area contributed by atoms with E-state index in [-0.39, 0.29) is 5.41 Å². The molecule has 0 aliphatic carbocycles. The van der Waals surface area contributed by atoms with E-state index in [1.54, 1.807) is 13.2 Å². The standard InChI is InChI=1S/C20H27NO3/c1-5-12-20(2,3)14-23-17-10-11-19(18(21)13-17)24-16-8-6-15(22-4)7-9-16/h6-11,13H,5,12,14,21H2,1-4H3. The predicted octanol–water partition coefficient (Wildman–Crippen LogP) is 5.27. The monoisotopic (exact) mass is 329 g/mol. The average molecular weight is 329 g/mol. The number of hydrogen-bond acceptors (Lipinski definition) is 4. The molecule has 0 atom stereocenters. The molecule has 0 bridgehead atoms. The number of benzene rings is 2. The van der Waals surface area contributed by atoms with Crippen LogP contribution in [0.2, 0.25) is 0 Å². The molecule has 0 radical (unpaired) electrons. The van der Waals surface area contributed by atoms with Crippen molar-refractivity contribution in [3.05, 3.63) is 42.5 Å². The maximum Gasteiger partial charge on any atom is 0.150 e. The molecule has 0 aliphatic heterocycles. The van der Waals surface area contributed by atoms with Gasteiger partial charge in [0.15, 0.2) is 5.75 Å². The number of ether oxygens (including phenoxy) is 3. The van der Waals surface area contributed by atoms with Gasteiger partial charge in [-0.25, -0.2) is 0 Å². The van der Waals surface area contributed by atoms with E-state index < -0.39 is 0 Å². The van der Waals surface area contributed by atoms with E-state index in [0.29, 0.717) is 23.8 Å². The smallest absolute Gasteiger partial charge is 0.150 e. The Morgan fingerprint density at radius 1 is 0.958 bits per heavy atom. The second-order valence-corrected chi connectivity index (χ2v) is 6.68. The topological polar surface area (TPSA) is 53.7 Å². The molecule has 0 saturated carbocycles. The Labute approximate surface area is 144 Å². The van der Waals surface area contributed by atoms with Crippen molar-refractivity contribution in [2.45, 2.75) is 33.6 Å². The minimum absolute atomic E-state index is 0.155. The SMILES string of the molecule is CCCC(C)(C)COc1ccc(Oc2ccc(OC)cc2)c(N)c1. The van der Waals surface area contributed by atoms with Gasteiger partial charge in [0, 0.05) is 6.07 Å². The van der Waals surface area contributed by atoms with Crippen LogP contribution in [0.5, 0.6) is 23.0 Å². The highest BCUT2D eigenvalue weighted by atomic mass is 16.5. The zero-order valence-corrected chi connectivity index (χ0v) is 15.0. The molecule has 2 aromatic carbocycles. The summed E-state index contributed by atoms with van der Waals surface area (Å²) in [5.74, 6) is 2.87. The molecule has 0 aliphatic rings. The van der Waals surface area contributed by atoms with Crippen molar-refractivity contribution in [2.24, 2.45) is 5.41 Å². The molecule has 0 unspecified atom stereocenters. The maximum atomic E-state index is 6.09. The number of nitrogens with two attached hydrogens (primary N) is 1.